The summed E-state index contributed by atoms with van der Waals surface area (Å²) >= 11 is 0. The number of rotatable bonds is 28. The molecule has 4 aromatic rings. The number of aryl methyl sites for hydroxylation is 2. The summed E-state index contributed by atoms with van der Waals surface area (Å²) in [5.41, 5.74) is 37.8. The number of aromatic nitrogens is 6. The number of nitrogens with two attached hydrogens (primary N) is 6. The quantitative estimate of drug-likeness (QED) is 0.0221. The number of imidazole rings is 2. The minimum Gasteiger partial charge on any atom is -0.756 e. The van der Waals surface area contributed by atoms with Crippen LogP contribution in [0.4, 0.5) is 5.82 Å². The summed E-state index contributed by atoms with van der Waals surface area (Å²) in [6.45, 7) is 22.6. The third kappa shape index (κ3) is 16.4. The van der Waals surface area contributed by atoms with Crippen LogP contribution in [0.15, 0.2) is 80.4 Å². The van der Waals surface area contributed by atoms with E-state index in [-0.39, 0.29) is 94.0 Å². The SMILES string of the molecule is C/C1=C2/[N-][C@H]([C@H](CC(N)=O)[C@@]2(C)CCC(=O)NC[C@@H](C)OP(=O)([O-])O[C@H]2[C@@H](O)[C@@H](n3cnc4cc(C)c(C)cc43)O[C@@H]2CO)[C@]2(C)N=C(/C(C)=C3N=C(/C=C4N=C1[C@@H](CCC(N)=O)C\4(C)C)[C@@H](CCC(N)=O)[C@]\3(C)CC(N)=O)[C@@H](CCC(N)=O)[C@]2(C)CC(N)=O.CNc1ncnc2c1ncn2[C@@H]1O[C@H]([13CH2-])[C@@H](O)[C@H]1O.[Co+2]. The minimum atomic E-state index is -5.32. The largest absolute Gasteiger partial charge is 2.00 e. The van der Waals surface area contributed by atoms with E-state index in [2.05, 4.69) is 37.5 Å². The van der Waals surface area contributed by atoms with E-state index in [1.807, 2.05) is 80.5 Å². The number of ether oxygens (including phenoxy) is 2. The first-order valence-corrected chi connectivity index (χ1v) is 37.8. The summed E-state index contributed by atoms with van der Waals surface area (Å²) in [6.07, 6.45) is -5.46. The number of amides is 7. The van der Waals surface area contributed by atoms with Crippen LogP contribution in [0.3, 0.4) is 0 Å². The summed E-state index contributed by atoms with van der Waals surface area (Å²) in [6, 6.07) is 2.65. The first-order valence-electron chi connectivity index (χ1n) is 36.3. The average molecular weight is 1590 g/mol. The molecule has 0 saturated carbocycles. The van der Waals surface area contributed by atoms with Crippen molar-refractivity contribution in [3.63, 3.8) is 0 Å². The van der Waals surface area contributed by atoms with Gasteiger partial charge in [-0.2, -0.15) is 5.70 Å². The van der Waals surface area contributed by atoms with Gasteiger partial charge in [0, 0.05) is 115 Å². The van der Waals surface area contributed by atoms with Crippen molar-refractivity contribution in [1.29, 1.82) is 0 Å². The molecule has 10 heterocycles. The molecule has 0 aliphatic carbocycles. The number of allylic oxidation sites excluding steroid dienone is 6. The molecule has 1 radical (unpaired) electrons. The topological polar surface area (TPSA) is 570 Å². The van der Waals surface area contributed by atoms with Gasteiger partial charge in [-0.1, -0.05) is 40.7 Å². The molecule has 1 unspecified atom stereocenters. The van der Waals surface area contributed by atoms with Gasteiger partial charge in [0.2, 0.25) is 41.4 Å². The zero-order valence-electron chi connectivity index (χ0n) is 63.8. The predicted molar refractivity (Wildman–Crippen MR) is 398 cm³/mol. The minimum absolute atomic E-state index is 0. The van der Waals surface area contributed by atoms with E-state index in [1.165, 1.54) is 30.5 Å². The summed E-state index contributed by atoms with van der Waals surface area (Å²) in [5.74, 6) is -6.82. The van der Waals surface area contributed by atoms with Crippen molar-refractivity contribution in [2.75, 3.05) is 25.5 Å². The van der Waals surface area contributed by atoms with Crippen molar-refractivity contribution in [1.82, 2.24) is 34.4 Å². The number of phosphoric ester groups is 1. The fraction of sp³-hybridized carbons (Fsp3) is 0.603. The number of carbonyl (C=O) groups is 7. The number of hydrogen-bond acceptors (Lipinski definition) is 25. The van der Waals surface area contributed by atoms with E-state index in [1.54, 1.807) is 18.5 Å². The predicted octanol–water partition coefficient (Wildman–Crippen LogP) is 2.63. The summed E-state index contributed by atoms with van der Waals surface area (Å²) in [4.78, 5) is 140. The van der Waals surface area contributed by atoms with Crippen molar-refractivity contribution in [2.24, 2.45) is 94.7 Å². The molecule has 37 heteroatoms. The molecule has 11 rings (SSSR count). The molecular weight excluding hydrogens is 1490 g/mol. The third-order valence-corrected chi connectivity index (χ3v) is 24.8. The number of anilines is 1. The molecule has 0 spiro atoms. The van der Waals surface area contributed by atoms with Crippen LogP contribution in [0, 0.1) is 66.1 Å². The van der Waals surface area contributed by atoms with E-state index in [0.717, 1.165) is 11.1 Å². The van der Waals surface area contributed by atoms with E-state index >= 15 is 0 Å². The molecule has 7 amide bonds. The molecule has 3 saturated heterocycles. The van der Waals surface area contributed by atoms with Crippen molar-refractivity contribution in [3.05, 3.63) is 88.8 Å². The second-order valence-corrected chi connectivity index (χ2v) is 32.7. The number of nitrogens with zero attached hydrogens (tertiary/aromatic N) is 10. The van der Waals surface area contributed by atoms with Gasteiger partial charge in [0.05, 0.1) is 53.7 Å². The molecular formula is C73H102CoN18O17P-. The van der Waals surface area contributed by atoms with E-state index in [9.17, 15) is 63.4 Å². The first kappa shape index (κ1) is 85.7. The fourth-order valence-electron chi connectivity index (χ4n) is 17.5. The zero-order valence-corrected chi connectivity index (χ0v) is 65.7. The smallest absolute Gasteiger partial charge is 0.756 e. The number of fused-ring (bicyclic) bond motifs is 8. The van der Waals surface area contributed by atoms with E-state index in [4.69, 9.17) is 73.2 Å². The van der Waals surface area contributed by atoms with Gasteiger partial charge in [-0.15, -0.1) is 0 Å². The number of primary amides is 6. The zero-order chi connectivity index (χ0) is 80.3. The third-order valence-electron chi connectivity index (χ3n) is 23.7. The monoisotopic (exact) mass is 1590 g/mol. The first-order chi connectivity index (χ1) is 51.0. The van der Waals surface area contributed by atoms with Crippen molar-refractivity contribution in [3.8, 4) is 0 Å². The maximum Gasteiger partial charge on any atom is 2.00 e. The van der Waals surface area contributed by atoms with Crippen LogP contribution in [0.1, 0.15) is 157 Å². The van der Waals surface area contributed by atoms with Crippen molar-refractivity contribution < 1.29 is 98.7 Å². The van der Waals surface area contributed by atoms with Crippen LogP contribution in [0.2, 0.25) is 0 Å². The van der Waals surface area contributed by atoms with Crippen LogP contribution in [-0.4, -0.2) is 182 Å². The Morgan fingerprint density at radius 2 is 1.35 bits per heavy atom. The van der Waals surface area contributed by atoms with Gasteiger partial charge in [-0.25, -0.2) is 19.9 Å². The number of carbonyl (C=O) groups excluding carboxylic acids is 7. The number of benzene rings is 1. The standard InChI is InChI=1S/C62H90N13O14P.C11H14N5O3.Co/c1-29-20-39-40(21-30(29)2)75(28-70-39)57-52(84)53(41(27-76)87-57)89-90(85,86)88-31(3)26-69-49(83)18-19-59(8)37(22-46(66)80)56-62(11)61(10,25-48(68)82)36(14-17-45(65)79)51(74-62)33(5)55-60(9,24-47(67)81)34(12-15-43(63)77)38(71-55)23-42-58(6,7)35(13-16-44(64)78)50(72-42)32(4)54(59)73-56;1-5-7(17)8(18)11(19-5)16-4-15-6-9(12-2)13-3-14-10(6)16;/h20-21,23,28,31,34-37,41,52-53,56-57,76,84H,12-19,22,24-27H2,1-11H3,(H15,63,64,65,66,67,68,69,71,72,73,74,77,78,79,80,81,82,83,85,86);3-5,7-8,11,17-18H,1H2,2H3,(H,12,13,14);/q;-1;+2/p-2/t31-,34-,35-,36-,37+,41-,52-,53-,56-,57+,59-,60+,61+,62+;5-,7-,8-,11-;/m11./s1/i;1+1;. The molecule has 601 valence electrons. The maximum absolute atomic E-state index is 14.4. The van der Waals surface area contributed by atoms with Crippen LogP contribution in [0.25, 0.3) is 27.5 Å². The molecule has 8 bridgehead atoms. The molecule has 35 nitrogen and oxygen atoms in total. The van der Waals surface area contributed by atoms with Crippen LogP contribution < -0.4 is 49.9 Å². The Morgan fingerprint density at radius 3 is 1.94 bits per heavy atom. The van der Waals surface area contributed by atoms with Gasteiger partial charge >= 0.3 is 16.8 Å². The second kappa shape index (κ2) is 32.8. The Kier molecular flexibility index (Phi) is 25.6. The second-order valence-electron chi connectivity index (χ2n) is 31.3. The van der Waals surface area contributed by atoms with Crippen molar-refractivity contribution >= 4 is 94.3 Å². The molecule has 19 atom stereocenters. The van der Waals surface area contributed by atoms with E-state index in [0.29, 0.717) is 73.4 Å². The number of phosphoric acid groups is 1. The number of aliphatic hydroxyl groups excluding tert-OH is 4. The number of aliphatic hydroxyl groups is 4. The van der Waals surface area contributed by atoms with Gasteiger partial charge in [0.25, 0.3) is 7.82 Å². The number of aliphatic imine (C=N–C) groups is 3. The molecule has 3 fully saturated rings. The van der Waals surface area contributed by atoms with Crippen LogP contribution in [-0.2, 0) is 73.4 Å². The Labute approximate surface area is 647 Å². The molecule has 1 aromatic carbocycles. The van der Waals surface area contributed by atoms with E-state index < -0.39 is 168 Å². The maximum atomic E-state index is 14.4. The van der Waals surface area contributed by atoms with Gasteiger partial charge < -0.3 is 106 Å². The Balaban J connectivity index is 0.000000600. The molecule has 18 N–H and O–H groups in total. The van der Waals surface area contributed by atoms with Gasteiger partial charge in [0.15, 0.2) is 23.9 Å². The number of nitrogens with one attached hydrogen (secondary N) is 2. The molecule has 7 aliphatic heterocycles. The Hall–Kier alpha value is -8.26. The Morgan fingerprint density at radius 1 is 0.736 bits per heavy atom. The summed E-state index contributed by atoms with van der Waals surface area (Å²) in [5, 5.41) is 52.7. The van der Waals surface area contributed by atoms with Gasteiger partial charge in [0.1, 0.15) is 36.3 Å². The van der Waals surface area contributed by atoms with Crippen LogP contribution >= 0.6 is 7.82 Å². The molecule has 110 heavy (non-hydrogen) atoms. The Bertz CT molecular complexity index is 4540. The van der Waals surface area contributed by atoms with Gasteiger partial charge in [-0.05, 0) is 125 Å². The van der Waals surface area contributed by atoms with Crippen LogP contribution in [0.5, 0.6) is 0 Å². The molecule has 3 aromatic heterocycles. The summed E-state index contributed by atoms with van der Waals surface area (Å²) < 4.78 is 38.9. The average Bonchev–Trinajstić information content (AvgIpc) is 1.52. The fourth-order valence-corrected chi connectivity index (χ4v) is 18.6. The normalized spacial score (nSPS) is 33.3. The van der Waals surface area contributed by atoms with Crippen molar-refractivity contribution in [2.45, 2.75) is 214 Å². The summed E-state index contributed by atoms with van der Waals surface area (Å²) in [7, 11) is -3.59. The number of hydrogen-bond donors (Lipinski definition) is 12. The van der Waals surface area contributed by atoms with Gasteiger partial charge in [-0.3, -0.25) is 57.7 Å². The molecule has 7 aliphatic rings.